The molecule has 1 aromatic rings. The predicted octanol–water partition coefficient (Wildman–Crippen LogP) is 2.80. The van der Waals surface area contributed by atoms with Crippen molar-refractivity contribution >= 4 is 6.01 Å². The van der Waals surface area contributed by atoms with E-state index in [1.54, 1.807) is 6.26 Å². The van der Waals surface area contributed by atoms with Gasteiger partial charge in [0.05, 0.1) is 5.69 Å². The summed E-state index contributed by atoms with van der Waals surface area (Å²) < 4.78 is 5.49. The number of nitrogens with zero attached hydrogens (tertiary/aromatic N) is 2. The molecule has 0 bridgehead atoms. The Balaban J connectivity index is 2.59. The first-order valence-corrected chi connectivity index (χ1v) is 6.25. The predicted molar refractivity (Wildman–Crippen MR) is 71.3 cm³/mol. The molecular formula is C13H25N3O. The van der Waals surface area contributed by atoms with E-state index in [4.69, 9.17) is 4.42 Å². The van der Waals surface area contributed by atoms with Crippen LogP contribution in [0.4, 0.5) is 6.01 Å². The van der Waals surface area contributed by atoms with Crippen LogP contribution in [0.5, 0.6) is 0 Å². The first-order chi connectivity index (χ1) is 7.83. The molecule has 0 saturated carbocycles. The van der Waals surface area contributed by atoms with Gasteiger partial charge >= 0.3 is 0 Å². The van der Waals surface area contributed by atoms with Gasteiger partial charge in [-0.25, -0.2) is 0 Å². The van der Waals surface area contributed by atoms with Gasteiger partial charge in [-0.15, -0.1) is 0 Å². The van der Waals surface area contributed by atoms with Crippen LogP contribution in [0.15, 0.2) is 10.7 Å². The smallest absolute Gasteiger partial charge is 0.297 e. The summed E-state index contributed by atoms with van der Waals surface area (Å²) in [7, 11) is 2.01. The molecular weight excluding hydrogens is 214 g/mol. The molecule has 1 rings (SSSR count). The van der Waals surface area contributed by atoms with Crippen LogP contribution in [0.3, 0.4) is 0 Å². The summed E-state index contributed by atoms with van der Waals surface area (Å²) in [5, 5.41) is 3.39. The minimum absolute atomic E-state index is 0.0989. The van der Waals surface area contributed by atoms with Crippen molar-refractivity contribution < 1.29 is 4.42 Å². The number of hydrogen-bond donors (Lipinski definition) is 1. The van der Waals surface area contributed by atoms with Crippen molar-refractivity contribution in [2.24, 2.45) is 0 Å². The van der Waals surface area contributed by atoms with E-state index < -0.39 is 0 Å². The number of anilines is 1. The van der Waals surface area contributed by atoms with Crippen molar-refractivity contribution in [1.29, 1.82) is 0 Å². The third kappa shape index (κ3) is 4.38. The van der Waals surface area contributed by atoms with Gasteiger partial charge in [0, 0.05) is 25.2 Å². The molecule has 4 heteroatoms. The third-order valence-corrected chi connectivity index (χ3v) is 2.89. The highest BCUT2D eigenvalue weighted by atomic mass is 16.4. The van der Waals surface area contributed by atoms with E-state index in [1.165, 1.54) is 0 Å². The average Bonchev–Trinajstić information content (AvgIpc) is 2.72. The van der Waals surface area contributed by atoms with E-state index in [1.807, 2.05) is 7.05 Å². The highest BCUT2D eigenvalue weighted by Crippen LogP contribution is 2.16. The zero-order chi connectivity index (χ0) is 13.1. The Hall–Kier alpha value is -1.03. The minimum Gasteiger partial charge on any atom is -0.432 e. The molecule has 1 aromatic heterocycles. The quantitative estimate of drug-likeness (QED) is 0.858. The van der Waals surface area contributed by atoms with Crippen LogP contribution in [-0.2, 0) is 6.54 Å². The molecule has 0 amide bonds. The molecule has 1 N–H and O–H groups in total. The second kappa shape index (κ2) is 5.54. The summed E-state index contributed by atoms with van der Waals surface area (Å²) in [5.41, 5.74) is 1.05. The van der Waals surface area contributed by atoms with Crippen LogP contribution < -0.4 is 10.2 Å². The van der Waals surface area contributed by atoms with E-state index in [0.717, 1.165) is 18.7 Å². The topological polar surface area (TPSA) is 41.3 Å². The summed E-state index contributed by atoms with van der Waals surface area (Å²) >= 11 is 0. The number of hydrogen-bond acceptors (Lipinski definition) is 4. The third-order valence-electron chi connectivity index (χ3n) is 2.89. The molecule has 17 heavy (non-hydrogen) atoms. The number of oxazole rings is 1. The van der Waals surface area contributed by atoms with Gasteiger partial charge in [-0.1, -0.05) is 6.92 Å². The van der Waals surface area contributed by atoms with Gasteiger partial charge in [0.25, 0.3) is 6.01 Å². The van der Waals surface area contributed by atoms with Gasteiger partial charge in [-0.05, 0) is 34.1 Å². The van der Waals surface area contributed by atoms with E-state index in [0.29, 0.717) is 12.1 Å². The Kier molecular flexibility index (Phi) is 4.57. The van der Waals surface area contributed by atoms with E-state index in [-0.39, 0.29) is 5.54 Å². The first kappa shape index (κ1) is 14.0. The molecule has 0 aromatic carbocycles. The number of aromatic nitrogens is 1. The van der Waals surface area contributed by atoms with Gasteiger partial charge in [-0.3, -0.25) is 0 Å². The standard InChI is InChI=1S/C13H25N3O/c1-7-10(2)16(6)12-15-11(9-17-12)8-14-13(3,4)5/h9-10,14H,7-8H2,1-6H3. The lowest BCUT2D eigenvalue weighted by atomic mass is 10.1. The Morgan fingerprint density at radius 2 is 2.12 bits per heavy atom. The summed E-state index contributed by atoms with van der Waals surface area (Å²) in [6.07, 6.45) is 2.81. The molecule has 0 saturated heterocycles. The van der Waals surface area contributed by atoms with Crippen LogP contribution in [0.2, 0.25) is 0 Å². The fourth-order valence-corrected chi connectivity index (χ4v) is 1.36. The lowest BCUT2D eigenvalue weighted by Crippen LogP contribution is -2.35. The first-order valence-electron chi connectivity index (χ1n) is 6.25. The van der Waals surface area contributed by atoms with Crippen LogP contribution in [0, 0.1) is 0 Å². The molecule has 1 atom stereocenters. The molecule has 0 aliphatic rings. The fraction of sp³-hybridized carbons (Fsp3) is 0.769. The molecule has 0 spiro atoms. The Labute approximate surface area is 104 Å². The Morgan fingerprint density at radius 1 is 1.47 bits per heavy atom. The molecule has 4 nitrogen and oxygen atoms in total. The highest BCUT2D eigenvalue weighted by molar-refractivity contribution is 5.26. The average molecular weight is 239 g/mol. The van der Waals surface area contributed by atoms with E-state index >= 15 is 0 Å². The summed E-state index contributed by atoms with van der Waals surface area (Å²) in [4.78, 5) is 6.55. The molecule has 0 aliphatic heterocycles. The van der Waals surface area contributed by atoms with Crippen LogP contribution in [-0.4, -0.2) is 23.6 Å². The van der Waals surface area contributed by atoms with Gasteiger partial charge < -0.3 is 14.6 Å². The van der Waals surface area contributed by atoms with E-state index in [2.05, 4.69) is 49.8 Å². The summed E-state index contributed by atoms with van der Waals surface area (Å²) in [6.45, 7) is 11.5. The summed E-state index contributed by atoms with van der Waals surface area (Å²) in [6, 6.07) is 1.14. The van der Waals surface area contributed by atoms with Gasteiger partial charge in [-0.2, -0.15) is 4.98 Å². The summed E-state index contributed by atoms with van der Waals surface area (Å²) in [5.74, 6) is 0. The Bertz CT molecular complexity index is 341. The minimum atomic E-state index is 0.0989. The second-order valence-corrected chi connectivity index (χ2v) is 5.59. The maximum atomic E-state index is 5.49. The van der Waals surface area contributed by atoms with Crippen molar-refractivity contribution in [3.8, 4) is 0 Å². The monoisotopic (exact) mass is 239 g/mol. The number of rotatable bonds is 5. The second-order valence-electron chi connectivity index (χ2n) is 5.59. The van der Waals surface area contributed by atoms with Crippen molar-refractivity contribution in [3.63, 3.8) is 0 Å². The van der Waals surface area contributed by atoms with Gasteiger partial charge in [0.2, 0.25) is 0 Å². The maximum Gasteiger partial charge on any atom is 0.297 e. The molecule has 0 radical (unpaired) electrons. The lowest BCUT2D eigenvalue weighted by molar-refractivity contribution is 0.421. The fourth-order valence-electron chi connectivity index (χ4n) is 1.36. The Morgan fingerprint density at radius 3 is 2.65 bits per heavy atom. The van der Waals surface area contributed by atoms with Gasteiger partial charge in [0.15, 0.2) is 0 Å². The zero-order valence-corrected chi connectivity index (χ0v) is 11.9. The van der Waals surface area contributed by atoms with Crippen molar-refractivity contribution in [2.75, 3.05) is 11.9 Å². The largest absolute Gasteiger partial charge is 0.432 e. The van der Waals surface area contributed by atoms with E-state index in [9.17, 15) is 0 Å². The van der Waals surface area contributed by atoms with Crippen LogP contribution in [0.25, 0.3) is 0 Å². The molecule has 98 valence electrons. The molecule has 1 unspecified atom stereocenters. The highest BCUT2D eigenvalue weighted by Gasteiger charge is 2.15. The molecule has 1 heterocycles. The lowest BCUT2D eigenvalue weighted by Gasteiger charge is -2.21. The maximum absolute atomic E-state index is 5.49. The van der Waals surface area contributed by atoms with Gasteiger partial charge in [0.1, 0.15) is 6.26 Å². The SMILES string of the molecule is CCC(C)N(C)c1nc(CNC(C)(C)C)co1. The van der Waals surface area contributed by atoms with Crippen molar-refractivity contribution in [2.45, 2.75) is 59.2 Å². The zero-order valence-electron chi connectivity index (χ0n) is 11.9. The van der Waals surface area contributed by atoms with Crippen molar-refractivity contribution in [1.82, 2.24) is 10.3 Å². The molecule has 0 fully saturated rings. The van der Waals surface area contributed by atoms with Crippen LogP contribution in [0.1, 0.15) is 46.7 Å². The van der Waals surface area contributed by atoms with Crippen molar-refractivity contribution in [3.05, 3.63) is 12.0 Å². The normalized spacial score (nSPS) is 13.8. The molecule has 0 aliphatic carbocycles. The number of nitrogens with one attached hydrogen (secondary N) is 1. The van der Waals surface area contributed by atoms with Crippen LogP contribution >= 0.6 is 0 Å².